The molecule has 1 aromatic rings. The summed E-state index contributed by atoms with van der Waals surface area (Å²) in [6.07, 6.45) is 2.39. The Kier molecular flexibility index (Phi) is 4.46. The topological polar surface area (TPSA) is 101 Å². The molecule has 0 radical (unpaired) electrons. The molecule has 1 heterocycles. The molecule has 18 heavy (non-hydrogen) atoms. The predicted octanol–water partition coefficient (Wildman–Crippen LogP) is 0.705. The van der Waals surface area contributed by atoms with Crippen LogP contribution in [0.5, 0.6) is 0 Å². The zero-order valence-corrected chi connectivity index (χ0v) is 12.3. The van der Waals surface area contributed by atoms with Gasteiger partial charge in [-0.1, -0.05) is 26.1 Å². The molecule has 8 heteroatoms. The lowest BCUT2D eigenvalue weighted by atomic mass is 10.0. The van der Waals surface area contributed by atoms with E-state index in [0.29, 0.717) is 18.7 Å². The molecule has 1 unspecified atom stereocenters. The predicted molar refractivity (Wildman–Crippen MR) is 73.8 cm³/mol. The summed E-state index contributed by atoms with van der Waals surface area (Å²) in [6.45, 7) is 5.35. The summed E-state index contributed by atoms with van der Waals surface area (Å²) in [5.74, 6) is 0.615. The molecule has 0 amide bonds. The van der Waals surface area contributed by atoms with Crippen molar-refractivity contribution in [2.24, 2.45) is 5.73 Å². The Morgan fingerprint density at radius 3 is 2.61 bits per heavy atom. The number of nitrogens with zero attached hydrogens (tertiary/aromatic N) is 1. The first kappa shape index (κ1) is 15.1. The molecule has 0 aliphatic rings. The lowest BCUT2D eigenvalue weighted by Crippen LogP contribution is -2.53. The quantitative estimate of drug-likeness (QED) is 0.670. The van der Waals surface area contributed by atoms with Crippen LogP contribution in [0.2, 0.25) is 0 Å². The van der Waals surface area contributed by atoms with Crippen molar-refractivity contribution in [1.82, 2.24) is 14.7 Å². The largest absolute Gasteiger partial charge is 0.392 e. The van der Waals surface area contributed by atoms with E-state index in [-0.39, 0.29) is 10.0 Å². The van der Waals surface area contributed by atoms with Gasteiger partial charge in [0.15, 0.2) is 5.03 Å². The van der Waals surface area contributed by atoms with Crippen molar-refractivity contribution in [3.05, 3.63) is 12.0 Å². The first-order valence-corrected chi connectivity index (χ1v) is 7.52. The molecule has 4 N–H and O–H groups in total. The van der Waals surface area contributed by atoms with Gasteiger partial charge in [0.2, 0.25) is 0 Å². The van der Waals surface area contributed by atoms with E-state index in [1.165, 1.54) is 6.20 Å². The zero-order valence-electron chi connectivity index (χ0n) is 10.6. The minimum Gasteiger partial charge on any atom is -0.392 e. The third-order valence-electron chi connectivity index (χ3n) is 2.84. The van der Waals surface area contributed by atoms with Gasteiger partial charge in [0.25, 0.3) is 10.0 Å². The van der Waals surface area contributed by atoms with Gasteiger partial charge in [-0.15, -0.1) is 0 Å². The third-order valence-corrected chi connectivity index (χ3v) is 4.80. The summed E-state index contributed by atoms with van der Waals surface area (Å²) in [6, 6.07) is 0. The Morgan fingerprint density at radius 2 is 2.22 bits per heavy atom. The van der Waals surface area contributed by atoms with Gasteiger partial charge in [-0.2, -0.15) is 4.72 Å². The molecular formula is C10H18N4O2S2. The summed E-state index contributed by atoms with van der Waals surface area (Å²) in [5, 5.41) is 0.0234. The molecule has 0 aliphatic carbocycles. The minimum absolute atomic E-state index is 0.0234. The van der Waals surface area contributed by atoms with E-state index in [0.717, 1.165) is 0 Å². The molecule has 0 spiro atoms. The number of sulfonamides is 1. The number of thiocarbonyl (C=S) groups is 1. The van der Waals surface area contributed by atoms with Crippen molar-refractivity contribution in [2.75, 3.05) is 0 Å². The van der Waals surface area contributed by atoms with E-state index in [9.17, 15) is 8.42 Å². The minimum atomic E-state index is -3.70. The second kappa shape index (κ2) is 5.33. The van der Waals surface area contributed by atoms with Crippen LogP contribution in [-0.2, 0) is 16.4 Å². The standard InChI is InChI=1S/C10H18N4O2S2/c1-4-7-12-6-8(13-7)18(15,16)14-10(3,5-2)9(11)17/h6,14H,4-5H2,1-3H3,(H2,11,17)(H,12,13). The van der Waals surface area contributed by atoms with E-state index < -0.39 is 15.6 Å². The van der Waals surface area contributed by atoms with E-state index in [4.69, 9.17) is 18.0 Å². The van der Waals surface area contributed by atoms with E-state index in [1.807, 2.05) is 13.8 Å². The Morgan fingerprint density at radius 1 is 1.61 bits per heavy atom. The number of aromatic nitrogens is 2. The normalized spacial score (nSPS) is 15.3. The Hall–Kier alpha value is -0.990. The van der Waals surface area contributed by atoms with Gasteiger partial charge >= 0.3 is 0 Å². The van der Waals surface area contributed by atoms with Crippen LogP contribution in [0.15, 0.2) is 11.2 Å². The summed E-state index contributed by atoms with van der Waals surface area (Å²) >= 11 is 4.90. The Balaban J connectivity index is 3.05. The van der Waals surface area contributed by atoms with Crippen molar-refractivity contribution in [3.8, 4) is 0 Å². The van der Waals surface area contributed by atoms with Crippen molar-refractivity contribution in [2.45, 2.75) is 44.2 Å². The maximum absolute atomic E-state index is 12.1. The van der Waals surface area contributed by atoms with Gasteiger partial charge in [0, 0.05) is 6.42 Å². The highest BCUT2D eigenvalue weighted by atomic mass is 32.2. The van der Waals surface area contributed by atoms with E-state index in [1.54, 1.807) is 6.92 Å². The molecule has 1 aromatic heterocycles. The Labute approximate surface area is 112 Å². The number of aryl methyl sites for hydroxylation is 1. The fourth-order valence-electron chi connectivity index (χ4n) is 1.31. The zero-order chi connectivity index (χ0) is 14.0. The molecule has 6 nitrogen and oxygen atoms in total. The highest BCUT2D eigenvalue weighted by Gasteiger charge is 2.32. The van der Waals surface area contributed by atoms with Crippen molar-refractivity contribution < 1.29 is 8.42 Å². The van der Waals surface area contributed by atoms with Crippen LogP contribution in [0.25, 0.3) is 0 Å². The number of hydrogen-bond acceptors (Lipinski definition) is 4. The van der Waals surface area contributed by atoms with Gasteiger partial charge in [0.1, 0.15) is 5.82 Å². The fourth-order valence-corrected chi connectivity index (χ4v) is 2.97. The average molecular weight is 290 g/mol. The summed E-state index contributed by atoms with van der Waals surface area (Å²) in [5.41, 5.74) is 4.64. The van der Waals surface area contributed by atoms with Crippen LogP contribution < -0.4 is 10.5 Å². The molecular weight excluding hydrogens is 272 g/mol. The molecule has 102 valence electrons. The monoisotopic (exact) mass is 290 g/mol. The lowest BCUT2D eigenvalue weighted by Gasteiger charge is -2.27. The number of H-pyrrole nitrogens is 1. The Bertz CT molecular complexity index is 538. The molecule has 0 aromatic carbocycles. The lowest BCUT2D eigenvalue weighted by molar-refractivity contribution is 0.509. The summed E-state index contributed by atoms with van der Waals surface area (Å²) in [7, 11) is -3.70. The van der Waals surface area contributed by atoms with Crippen LogP contribution in [0.3, 0.4) is 0 Å². The highest BCUT2D eigenvalue weighted by molar-refractivity contribution is 7.89. The van der Waals surface area contributed by atoms with E-state index in [2.05, 4.69) is 14.7 Å². The number of rotatable bonds is 6. The van der Waals surface area contributed by atoms with Crippen LogP contribution >= 0.6 is 12.2 Å². The van der Waals surface area contributed by atoms with Crippen molar-refractivity contribution in [1.29, 1.82) is 0 Å². The van der Waals surface area contributed by atoms with Crippen molar-refractivity contribution >= 4 is 27.2 Å². The average Bonchev–Trinajstić information content (AvgIpc) is 2.77. The van der Waals surface area contributed by atoms with Crippen LogP contribution in [0.1, 0.15) is 33.0 Å². The molecule has 1 atom stereocenters. The second-order valence-corrected chi connectivity index (χ2v) is 6.29. The van der Waals surface area contributed by atoms with E-state index >= 15 is 0 Å². The molecule has 1 rings (SSSR count). The summed E-state index contributed by atoms with van der Waals surface area (Å²) in [4.78, 5) is 6.82. The van der Waals surface area contributed by atoms with Crippen LogP contribution in [0, 0.1) is 0 Å². The fraction of sp³-hybridized carbons (Fsp3) is 0.600. The van der Waals surface area contributed by atoms with Gasteiger partial charge in [-0.05, 0) is 13.3 Å². The number of aromatic amines is 1. The van der Waals surface area contributed by atoms with Gasteiger partial charge < -0.3 is 10.7 Å². The molecule has 0 fully saturated rings. The third kappa shape index (κ3) is 3.06. The number of imidazole rings is 1. The maximum Gasteiger partial charge on any atom is 0.258 e. The van der Waals surface area contributed by atoms with Gasteiger partial charge in [0.05, 0.1) is 16.7 Å². The SMILES string of the molecule is CCc1ncc(S(=O)(=O)NC(C)(CC)C(N)=S)[nH]1. The van der Waals surface area contributed by atoms with Gasteiger partial charge in [-0.25, -0.2) is 13.4 Å². The van der Waals surface area contributed by atoms with Gasteiger partial charge in [-0.3, -0.25) is 0 Å². The first-order valence-electron chi connectivity index (χ1n) is 5.63. The number of nitrogens with one attached hydrogen (secondary N) is 2. The highest BCUT2D eigenvalue weighted by Crippen LogP contribution is 2.15. The van der Waals surface area contributed by atoms with Crippen molar-refractivity contribution in [3.63, 3.8) is 0 Å². The number of hydrogen-bond donors (Lipinski definition) is 3. The molecule has 0 aliphatic heterocycles. The second-order valence-electron chi connectivity index (χ2n) is 4.20. The summed E-state index contributed by atoms with van der Waals surface area (Å²) < 4.78 is 26.8. The smallest absolute Gasteiger partial charge is 0.258 e. The van der Waals surface area contributed by atoms with Crippen LogP contribution in [0.4, 0.5) is 0 Å². The molecule has 0 saturated heterocycles. The first-order chi connectivity index (χ1) is 8.25. The molecule has 0 saturated carbocycles. The van der Waals surface area contributed by atoms with Crippen LogP contribution in [-0.4, -0.2) is 28.9 Å². The number of nitrogens with two attached hydrogens (primary N) is 1. The molecule has 0 bridgehead atoms. The maximum atomic E-state index is 12.1.